The minimum atomic E-state index is 0.608. The Labute approximate surface area is 160 Å². The minimum Gasteiger partial charge on any atom is -0.399 e. The second-order valence-electron chi connectivity index (χ2n) is 5.88. The lowest BCUT2D eigenvalue weighted by Crippen LogP contribution is -2.00. The number of benzene rings is 2. The maximum atomic E-state index is 6.38. The normalized spacial score (nSPS) is 11.7. The van der Waals surface area contributed by atoms with Crippen LogP contribution in [0.2, 0.25) is 10.0 Å². The maximum Gasteiger partial charge on any atom is 0.106 e. The van der Waals surface area contributed by atoms with Crippen LogP contribution in [-0.4, -0.2) is 22.9 Å². The molecule has 0 N–H and O–H groups in total. The maximum absolute atomic E-state index is 6.38. The molecule has 0 unspecified atom stereocenters. The summed E-state index contributed by atoms with van der Waals surface area (Å²) in [5.41, 5.74) is 3.84. The lowest BCUT2D eigenvalue weighted by molar-refractivity contribution is 0.215. The van der Waals surface area contributed by atoms with Gasteiger partial charge in [-0.2, -0.15) is 0 Å². The van der Waals surface area contributed by atoms with Gasteiger partial charge in [0, 0.05) is 32.9 Å². The zero-order chi connectivity index (χ0) is 18.1. The second kappa shape index (κ2) is 6.98. The third kappa shape index (κ3) is 3.02. The van der Waals surface area contributed by atoms with Crippen LogP contribution in [0.4, 0.5) is 0 Å². The highest BCUT2D eigenvalue weighted by Crippen LogP contribution is 2.31. The van der Waals surface area contributed by atoms with Crippen LogP contribution in [-0.2, 0) is 11.4 Å². The highest BCUT2D eigenvalue weighted by atomic mass is 35.5. The molecule has 0 radical (unpaired) electrons. The molecular weight excluding hydrogens is 369 g/mol. The van der Waals surface area contributed by atoms with Gasteiger partial charge in [0.05, 0.1) is 23.6 Å². The molecule has 2 aromatic heterocycles. The molecule has 0 saturated heterocycles. The number of pyridine rings is 1. The van der Waals surface area contributed by atoms with Crippen molar-refractivity contribution in [3.63, 3.8) is 0 Å². The standard InChI is InChI=1S/C20H15Cl2N3O/c1-26-24-10-15-9-17-16-4-2-3-5-19(16)25(20(17)11-23-15)12-13-8-14(21)6-7-18(13)22/h2-11H,12H2,1H3/b24-10+. The summed E-state index contributed by atoms with van der Waals surface area (Å²) in [4.78, 5) is 9.22. The summed E-state index contributed by atoms with van der Waals surface area (Å²) in [5, 5.41) is 7.41. The van der Waals surface area contributed by atoms with Crippen molar-refractivity contribution < 1.29 is 4.84 Å². The van der Waals surface area contributed by atoms with Gasteiger partial charge in [-0.25, -0.2) is 0 Å². The van der Waals surface area contributed by atoms with Crippen molar-refractivity contribution in [1.82, 2.24) is 9.55 Å². The van der Waals surface area contributed by atoms with E-state index in [0.717, 1.165) is 33.1 Å². The third-order valence-electron chi connectivity index (χ3n) is 4.31. The molecule has 4 aromatic rings. The summed E-state index contributed by atoms with van der Waals surface area (Å²) < 4.78 is 2.20. The quantitative estimate of drug-likeness (QED) is 0.343. The SMILES string of the molecule is CO/N=C/c1cc2c3ccccc3n(Cc3cc(Cl)ccc3Cl)c2cn1. The van der Waals surface area contributed by atoms with E-state index in [-0.39, 0.29) is 0 Å². The minimum absolute atomic E-state index is 0.608. The molecule has 0 aliphatic carbocycles. The Morgan fingerprint density at radius 1 is 1.08 bits per heavy atom. The molecule has 0 amide bonds. The van der Waals surface area contributed by atoms with Gasteiger partial charge < -0.3 is 9.40 Å². The van der Waals surface area contributed by atoms with E-state index in [4.69, 9.17) is 28.0 Å². The summed E-state index contributed by atoms with van der Waals surface area (Å²) >= 11 is 12.5. The average Bonchev–Trinajstić information content (AvgIpc) is 2.96. The predicted octanol–water partition coefficient (Wildman–Crippen LogP) is 5.52. The number of para-hydroxylation sites is 1. The largest absolute Gasteiger partial charge is 0.399 e. The number of hydrogen-bond acceptors (Lipinski definition) is 3. The monoisotopic (exact) mass is 383 g/mol. The first-order valence-corrected chi connectivity index (χ1v) is 8.80. The van der Waals surface area contributed by atoms with Crippen molar-refractivity contribution in [3.8, 4) is 0 Å². The zero-order valence-corrected chi connectivity index (χ0v) is 15.5. The van der Waals surface area contributed by atoms with Crippen LogP contribution >= 0.6 is 23.2 Å². The third-order valence-corrected chi connectivity index (χ3v) is 4.91. The fraction of sp³-hybridized carbons (Fsp3) is 0.100. The Hall–Kier alpha value is -2.56. The molecule has 0 aliphatic heterocycles. The van der Waals surface area contributed by atoms with Gasteiger partial charge in [0.1, 0.15) is 7.11 Å². The fourth-order valence-corrected chi connectivity index (χ4v) is 3.52. The smallest absolute Gasteiger partial charge is 0.106 e. The lowest BCUT2D eigenvalue weighted by Gasteiger charge is -2.10. The van der Waals surface area contributed by atoms with Gasteiger partial charge in [-0.3, -0.25) is 4.98 Å². The Morgan fingerprint density at radius 2 is 1.92 bits per heavy atom. The molecule has 0 atom stereocenters. The molecule has 6 heteroatoms. The van der Waals surface area contributed by atoms with Crippen LogP contribution in [0.1, 0.15) is 11.3 Å². The molecule has 2 heterocycles. The molecule has 4 rings (SSSR count). The first-order chi connectivity index (χ1) is 12.7. The Morgan fingerprint density at radius 3 is 2.77 bits per heavy atom. The fourth-order valence-electron chi connectivity index (χ4n) is 3.14. The summed E-state index contributed by atoms with van der Waals surface area (Å²) in [6, 6.07) is 15.8. The predicted molar refractivity (Wildman–Crippen MR) is 107 cm³/mol. The van der Waals surface area contributed by atoms with Gasteiger partial charge in [0.2, 0.25) is 0 Å². The van der Waals surface area contributed by atoms with E-state index in [1.165, 1.54) is 7.11 Å². The van der Waals surface area contributed by atoms with E-state index in [2.05, 4.69) is 26.8 Å². The molecule has 0 aliphatic rings. The van der Waals surface area contributed by atoms with Crippen molar-refractivity contribution in [2.75, 3.05) is 7.11 Å². The average molecular weight is 384 g/mol. The van der Waals surface area contributed by atoms with Crippen molar-refractivity contribution in [3.05, 3.63) is 76.0 Å². The van der Waals surface area contributed by atoms with Crippen LogP contribution in [0, 0.1) is 0 Å². The molecular formula is C20H15Cl2N3O. The van der Waals surface area contributed by atoms with Crippen molar-refractivity contribution >= 4 is 51.2 Å². The number of rotatable bonds is 4. The van der Waals surface area contributed by atoms with E-state index < -0.39 is 0 Å². The molecule has 130 valence electrons. The summed E-state index contributed by atoms with van der Waals surface area (Å²) in [6.07, 6.45) is 3.45. The lowest BCUT2D eigenvalue weighted by atomic mass is 10.2. The van der Waals surface area contributed by atoms with Gasteiger partial charge in [-0.05, 0) is 35.9 Å². The summed E-state index contributed by atoms with van der Waals surface area (Å²) in [5.74, 6) is 0. The van der Waals surface area contributed by atoms with E-state index in [1.54, 1.807) is 12.3 Å². The summed E-state index contributed by atoms with van der Waals surface area (Å²) in [6.45, 7) is 0.608. The van der Waals surface area contributed by atoms with Crippen LogP contribution in [0.5, 0.6) is 0 Å². The Kier molecular flexibility index (Phi) is 4.53. The molecule has 0 saturated carbocycles. The van der Waals surface area contributed by atoms with E-state index >= 15 is 0 Å². The van der Waals surface area contributed by atoms with Gasteiger partial charge in [0.25, 0.3) is 0 Å². The Bertz CT molecular complexity index is 1130. The molecule has 4 nitrogen and oxygen atoms in total. The number of fused-ring (bicyclic) bond motifs is 3. The molecule has 26 heavy (non-hydrogen) atoms. The number of oxime groups is 1. The van der Waals surface area contributed by atoms with E-state index in [9.17, 15) is 0 Å². The van der Waals surface area contributed by atoms with Crippen LogP contribution < -0.4 is 0 Å². The number of nitrogens with zero attached hydrogens (tertiary/aromatic N) is 3. The number of halogens is 2. The van der Waals surface area contributed by atoms with Crippen LogP contribution in [0.3, 0.4) is 0 Å². The van der Waals surface area contributed by atoms with Gasteiger partial charge in [-0.1, -0.05) is 46.6 Å². The highest BCUT2D eigenvalue weighted by Gasteiger charge is 2.13. The number of aromatic nitrogens is 2. The van der Waals surface area contributed by atoms with Gasteiger partial charge in [0.15, 0.2) is 0 Å². The Balaban J connectivity index is 1.92. The first-order valence-electron chi connectivity index (χ1n) is 8.05. The van der Waals surface area contributed by atoms with Gasteiger partial charge >= 0.3 is 0 Å². The molecule has 0 spiro atoms. The number of hydrogen-bond donors (Lipinski definition) is 0. The van der Waals surface area contributed by atoms with Crippen molar-refractivity contribution in [2.24, 2.45) is 5.16 Å². The molecule has 0 bridgehead atoms. The second-order valence-corrected chi connectivity index (χ2v) is 6.73. The van der Waals surface area contributed by atoms with Crippen molar-refractivity contribution in [1.29, 1.82) is 0 Å². The first kappa shape index (κ1) is 16.9. The van der Waals surface area contributed by atoms with Crippen LogP contribution in [0.25, 0.3) is 21.8 Å². The van der Waals surface area contributed by atoms with E-state index in [0.29, 0.717) is 16.6 Å². The zero-order valence-electron chi connectivity index (χ0n) is 14.0. The van der Waals surface area contributed by atoms with E-state index in [1.807, 2.05) is 36.5 Å². The summed E-state index contributed by atoms with van der Waals surface area (Å²) in [7, 11) is 1.51. The van der Waals surface area contributed by atoms with Crippen LogP contribution in [0.15, 0.2) is 59.9 Å². The van der Waals surface area contributed by atoms with Gasteiger partial charge in [-0.15, -0.1) is 0 Å². The molecule has 2 aromatic carbocycles. The molecule has 0 fully saturated rings. The van der Waals surface area contributed by atoms with Crippen molar-refractivity contribution in [2.45, 2.75) is 6.54 Å². The topological polar surface area (TPSA) is 39.4 Å². The highest BCUT2D eigenvalue weighted by molar-refractivity contribution is 6.33.